The van der Waals surface area contributed by atoms with E-state index in [1.807, 2.05) is 11.8 Å². The average molecular weight is 218 g/mol. The minimum absolute atomic E-state index is 1.10. The van der Waals surface area contributed by atoms with Gasteiger partial charge in [-0.2, -0.15) is 0 Å². The average Bonchev–Trinajstić information content (AvgIpc) is 2.55. The van der Waals surface area contributed by atoms with Gasteiger partial charge in [0, 0.05) is 25.4 Å². The number of hydrogen-bond acceptors (Lipinski definition) is 3. The summed E-state index contributed by atoms with van der Waals surface area (Å²) in [6.07, 6.45) is 2.63. The molecule has 1 aliphatic rings. The van der Waals surface area contributed by atoms with Crippen LogP contribution in [0.4, 0.5) is 0 Å². The quantitative estimate of drug-likeness (QED) is 0.664. The van der Waals surface area contributed by atoms with Crippen LogP contribution in [-0.4, -0.2) is 53.6 Å². The molecule has 1 fully saturated rings. The Bertz CT molecular complexity index is 165. The zero-order chi connectivity index (χ0) is 9.68. The van der Waals surface area contributed by atoms with Gasteiger partial charge >= 0.3 is 0 Å². The van der Waals surface area contributed by atoms with E-state index in [2.05, 4.69) is 23.9 Å². The van der Waals surface area contributed by atoms with Crippen molar-refractivity contribution in [2.75, 3.05) is 39.5 Å². The minimum atomic E-state index is 1.10. The minimum Gasteiger partial charge on any atom is -0.358 e. The van der Waals surface area contributed by atoms with Crippen LogP contribution >= 0.6 is 24.0 Å². The SMILES string of the molecule is CN(C)CCSC(=S)N1CCCC1. The molecule has 0 amide bonds. The normalized spacial score (nSPS) is 17.0. The van der Waals surface area contributed by atoms with Gasteiger partial charge in [-0.1, -0.05) is 24.0 Å². The molecule has 0 aromatic carbocycles. The Labute approximate surface area is 90.7 Å². The van der Waals surface area contributed by atoms with E-state index >= 15 is 0 Å². The van der Waals surface area contributed by atoms with Crippen LogP contribution in [-0.2, 0) is 0 Å². The van der Waals surface area contributed by atoms with E-state index in [0.29, 0.717) is 0 Å². The predicted octanol–water partition coefficient (Wildman–Crippen LogP) is 1.66. The maximum Gasteiger partial charge on any atom is 0.136 e. The van der Waals surface area contributed by atoms with Gasteiger partial charge in [-0.15, -0.1) is 0 Å². The van der Waals surface area contributed by atoms with Gasteiger partial charge in [-0.25, -0.2) is 0 Å². The first-order valence-electron chi connectivity index (χ1n) is 4.76. The number of hydrogen-bond donors (Lipinski definition) is 0. The molecule has 1 saturated heterocycles. The fraction of sp³-hybridized carbons (Fsp3) is 0.889. The molecule has 1 heterocycles. The fourth-order valence-electron chi connectivity index (χ4n) is 1.31. The van der Waals surface area contributed by atoms with E-state index in [1.54, 1.807) is 0 Å². The van der Waals surface area contributed by atoms with Gasteiger partial charge in [0.15, 0.2) is 0 Å². The first-order valence-corrected chi connectivity index (χ1v) is 6.16. The number of likely N-dealkylation sites (tertiary alicyclic amines) is 1. The summed E-state index contributed by atoms with van der Waals surface area (Å²) in [7, 11) is 4.19. The molecule has 0 atom stereocenters. The molecule has 0 aliphatic carbocycles. The van der Waals surface area contributed by atoms with Crippen LogP contribution < -0.4 is 0 Å². The van der Waals surface area contributed by atoms with Gasteiger partial charge in [-0.3, -0.25) is 0 Å². The van der Waals surface area contributed by atoms with Gasteiger partial charge in [-0.05, 0) is 26.9 Å². The summed E-state index contributed by atoms with van der Waals surface area (Å²) in [6, 6.07) is 0. The van der Waals surface area contributed by atoms with Gasteiger partial charge in [0.05, 0.1) is 0 Å². The van der Waals surface area contributed by atoms with E-state index in [-0.39, 0.29) is 0 Å². The molecule has 0 radical (unpaired) electrons. The van der Waals surface area contributed by atoms with Gasteiger partial charge in [0.2, 0.25) is 0 Å². The topological polar surface area (TPSA) is 6.48 Å². The van der Waals surface area contributed by atoms with Crippen LogP contribution in [0.3, 0.4) is 0 Å². The Kier molecular flexibility index (Phi) is 5.06. The summed E-state index contributed by atoms with van der Waals surface area (Å²) in [4.78, 5) is 4.52. The third-order valence-electron chi connectivity index (χ3n) is 2.13. The molecule has 1 aliphatic heterocycles. The maximum absolute atomic E-state index is 5.34. The summed E-state index contributed by atoms with van der Waals surface area (Å²) in [6.45, 7) is 3.46. The third-order valence-corrected chi connectivity index (χ3v) is 3.63. The van der Waals surface area contributed by atoms with Crippen molar-refractivity contribution in [3.63, 3.8) is 0 Å². The Morgan fingerprint density at radius 2 is 2.00 bits per heavy atom. The molecule has 76 valence electrons. The van der Waals surface area contributed by atoms with E-state index in [4.69, 9.17) is 12.2 Å². The molecule has 0 aromatic rings. The van der Waals surface area contributed by atoms with E-state index in [1.165, 1.54) is 25.9 Å². The molecule has 1 rings (SSSR count). The van der Waals surface area contributed by atoms with Crippen LogP contribution in [0.5, 0.6) is 0 Å². The fourth-order valence-corrected chi connectivity index (χ4v) is 2.74. The van der Waals surface area contributed by atoms with Crippen LogP contribution in [0, 0.1) is 0 Å². The summed E-state index contributed by atoms with van der Waals surface area (Å²) < 4.78 is 1.10. The predicted molar refractivity (Wildman–Crippen MR) is 64.4 cm³/mol. The highest BCUT2D eigenvalue weighted by molar-refractivity contribution is 8.22. The standard InChI is InChI=1S/C9H18N2S2/c1-10(2)7-8-13-9(12)11-5-3-4-6-11/h3-8H2,1-2H3. The molecule has 0 saturated carbocycles. The van der Waals surface area contributed by atoms with Crippen LogP contribution in [0.15, 0.2) is 0 Å². The van der Waals surface area contributed by atoms with Crippen molar-refractivity contribution in [1.82, 2.24) is 9.80 Å². The lowest BCUT2D eigenvalue weighted by molar-refractivity contribution is 0.437. The molecule has 0 unspecified atom stereocenters. The monoisotopic (exact) mass is 218 g/mol. The first-order chi connectivity index (χ1) is 6.20. The summed E-state index contributed by atoms with van der Waals surface area (Å²) in [5.41, 5.74) is 0. The van der Waals surface area contributed by atoms with Crippen LogP contribution in [0.1, 0.15) is 12.8 Å². The van der Waals surface area contributed by atoms with E-state index < -0.39 is 0 Å². The number of rotatable bonds is 3. The molecule has 0 N–H and O–H groups in total. The van der Waals surface area contributed by atoms with Crippen molar-refractivity contribution < 1.29 is 0 Å². The largest absolute Gasteiger partial charge is 0.358 e. The molecule has 4 heteroatoms. The number of thioether (sulfide) groups is 1. The van der Waals surface area contributed by atoms with Crippen LogP contribution in [0.25, 0.3) is 0 Å². The molecular formula is C9H18N2S2. The van der Waals surface area contributed by atoms with Crippen molar-refractivity contribution in [2.24, 2.45) is 0 Å². The van der Waals surface area contributed by atoms with Crippen molar-refractivity contribution in [2.45, 2.75) is 12.8 Å². The van der Waals surface area contributed by atoms with Crippen molar-refractivity contribution >= 4 is 28.3 Å². The number of nitrogens with zero attached hydrogens (tertiary/aromatic N) is 2. The summed E-state index contributed by atoms with van der Waals surface area (Å²) in [5.74, 6) is 1.11. The van der Waals surface area contributed by atoms with Gasteiger partial charge in [0.1, 0.15) is 4.32 Å². The third kappa shape index (κ3) is 4.29. The van der Waals surface area contributed by atoms with Crippen molar-refractivity contribution in [3.8, 4) is 0 Å². The van der Waals surface area contributed by atoms with Crippen LogP contribution in [0.2, 0.25) is 0 Å². The van der Waals surface area contributed by atoms with Crippen molar-refractivity contribution in [1.29, 1.82) is 0 Å². The Morgan fingerprint density at radius 3 is 2.54 bits per heavy atom. The second-order valence-electron chi connectivity index (χ2n) is 3.61. The van der Waals surface area contributed by atoms with E-state index in [0.717, 1.165) is 16.6 Å². The maximum atomic E-state index is 5.34. The Hall–Kier alpha value is 0.200. The molecule has 2 nitrogen and oxygen atoms in total. The van der Waals surface area contributed by atoms with Crippen molar-refractivity contribution in [3.05, 3.63) is 0 Å². The Morgan fingerprint density at radius 1 is 1.38 bits per heavy atom. The highest BCUT2D eigenvalue weighted by Gasteiger charge is 2.14. The lowest BCUT2D eigenvalue weighted by atomic mass is 10.4. The lowest BCUT2D eigenvalue weighted by Crippen LogP contribution is -2.25. The molecule has 0 spiro atoms. The molecule has 13 heavy (non-hydrogen) atoms. The second kappa shape index (κ2) is 5.83. The number of thiocarbonyl (C=S) groups is 1. The summed E-state index contributed by atoms with van der Waals surface area (Å²) in [5, 5.41) is 0. The van der Waals surface area contributed by atoms with E-state index in [9.17, 15) is 0 Å². The highest BCUT2D eigenvalue weighted by atomic mass is 32.2. The zero-order valence-corrected chi connectivity index (χ0v) is 10.1. The Balaban J connectivity index is 2.10. The molecular weight excluding hydrogens is 200 g/mol. The van der Waals surface area contributed by atoms with Gasteiger partial charge in [0.25, 0.3) is 0 Å². The highest BCUT2D eigenvalue weighted by Crippen LogP contribution is 2.15. The zero-order valence-electron chi connectivity index (χ0n) is 8.45. The first kappa shape index (κ1) is 11.3. The molecule has 0 bridgehead atoms. The summed E-state index contributed by atoms with van der Waals surface area (Å²) >= 11 is 7.15. The van der Waals surface area contributed by atoms with Gasteiger partial charge < -0.3 is 9.80 Å². The lowest BCUT2D eigenvalue weighted by Gasteiger charge is -2.18. The molecule has 0 aromatic heterocycles. The second-order valence-corrected chi connectivity index (χ2v) is 5.34. The smallest absolute Gasteiger partial charge is 0.136 e.